The van der Waals surface area contributed by atoms with Gasteiger partial charge >= 0.3 is 12.1 Å². The van der Waals surface area contributed by atoms with Crippen molar-refractivity contribution in [2.75, 3.05) is 18.2 Å². The topological polar surface area (TPSA) is 68.3 Å². The number of para-hydroxylation sites is 1. The fourth-order valence-electron chi connectivity index (χ4n) is 1.81. The van der Waals surface area contributed by atoms with Gasteiger partial charge in [0.05, 0.1) is 24.1 Å². The van der Waals surface area contributed by atoms with Crippen LogP contribution in [-0.4, -0.2) is 35.9 Å². The number of amides is 1. The van der Waals surface area contributed by atoms with Crippen LogP contribution in [0.15, 0.2) is 47.5 Å². The standard InChI is InChI=1S/C16H13F3N2O3S/c1-24-15(23)10-6-7-12(20-8-10)14(22)21-11-4-2-3-5-13(11)25-9-16(17,18)19/h2-8H,9H2,1H3,(H,21,22). The van der Waals surface area contributed by atoms with Crippen LogP contribution in [0.4, 0.5) is 18.9 Å². The van der Waals surface area contributed by atoms with Gasteiger partial charge in [-0.05, 0) is 24.3 Å². The molecule has 25 heavy (non-hydrogen) atoms. The minimum Gasteiger partial charge on any atom is -0.465 e. The van der Waals surface area contributed by atoms with Gasteiger partial charge in [0, 0.05) is 11.1 Å². The Kier molecular flexibility index (Phi) is 6.02. The van der Waals surface area contributed by atoms with E-state index in [4.69, 9.17) is 0 Å². The van der Waals surface area contributed by atoms with E-state index in [0.29, 0.717) is 16.7 Å². The number of halogens is 3. The van der Waals surface area contributed by atoms with Gasteiger partial charge in [-0.3, -0.25) is 9.78 Å². The highest BCUT2D eigenvalue weighted by molar-refractivity contribution is 7.99. The number of carbonyl (C=O) groups excluding carboxylic acids is 2. The highest BCUT2D eigenvalue weighted by Gasteiger charge is 2.27. The summed E-state index contributed by atoms with van der Waals surface area (Å²) in [4.78, 5) is 27.7. The van der Waals surface area contributed by atoms with Crippen LogP contribution < -0.4 is 5.32 Å². The van der Waals surface area contributed by atoms with Crippen molar-refractivity contribution in [2.24, 2.45) is 0 Å². The molecule has 0 unspecified atom stereocenters. The van der Waals surface area contributed by atoms with Gasteiger partial charge in [-0.25, -0.2) is 4.79 Å². The first-order valence-corrected chi connectivity index (χ1v) is 7.93. The molecule has 9 heteroatoms. The fourth-order valence-corrected chi connectivity index (χ4v) is 2.58. The SMILES string of the molecule is COC(=O)c1ccc(C(=O)Nc2ccccc2SCC(F)(F)F)nc1. The molecule has 132 valence electrons. The summed E-state index contributed by atoms with van der Waals surface area (Å²) in [5.74, 6) is -2.25. The Bertz CT molecular complexity index is 764. The number of aromatic nitrogens is 1. The molecule has 1 aromatic carbocycles. The van der Waals surface area contributed by atoms with E-state index in [2.05, 4.69) is 15.0 Å². The minimum absolute atomic E-state index is 0.0169. The van der Waals surface area contributed by atoms with Crippen molar-refractivity contribution >= 4 is 29.3 Å². The number of carbonyl (C=O) groups is 2. The Labute approximate surface area is 145 Å². The van der Waals surface area contributed by atoms with Crippen LogP contribution >= 0.6 is 11.8 Å². The summed E-state index contributed by atoms with van der Waals surface area (Å²) in [6, 6.07) is 8.86. The number of esters is 1. The fraction of sp³-hybridized carbons (Fsp3) is 0.188. The van der Waals surface area contributed by atoms with E-state index in [0.717, 1.165) is 0 Å². The van der Waals surface area contributed by atoms with Gasteiger partial charge in [0.15, 0.2) is 0 Å². The normalized spacial score (nSPS) is 11.0. The monoisotopic (exact) mass is 370 g/mol. The second-order valence-electron chi connectivity index (χ2n) is 4.78. The van der Waals surface area contributed by atoms with Crippen molar-refractivity contribution in [3.63, 3.8) is 0 Å². The van der Waals surface area contributed by atoms with E-state index in [1.165, 1.54) is 37.6 Å². The van der Waals surface area contributed by atoms with Crippen molar-refractivity contribution in [2.45, 2.75) is 11.1 Å². The molecule has 0 atom stereocenters. The Morgan fingerprint density at radius 1 is 1.20 bits per heavy atom. The molecule has 0 aliphatic carbocycles. The molecule has 0 spiro atoms. The summed E-state index contributed by atoms with van der Waals surface area (Å²) in [5.41, 5.74) is 0.448. The number of hydrogen-bond donors (Lipinski definition) is 1. The zero-order chi connectivity index (χ0) is 18.4. The third-order valence-corrected chi connectivity index (χ3v) is 4.08. The summed E-state index contributed by atoms with van der Waals surface area (Å²) in [7, 11) is 1.22. The first-order valence-electron chi connectivity index (χ1n) is 6.94. The molecule has 0 saturated heterocycles. The number of nitrogens with zero attached hydrogens (tertiary/aromatic N) is 1. The summed E-state index contributed by atoms with van der Waals surface area (Å²) in [5, 5.41) is 2.52. The van der Waals surface area contributed by atoms with Gasteiger partial charge in [-0.2, -0.15) is 13.2 Å². The van der Waals surface area contributed by atoms with Gasteiger partial charge in [-0.1, -0.05) is 12.1 Å². The van der Waals surface area contributed by atoms with Gasteiger partial charge in [0.2, 0.25) is 0 Å². The lowest BCUT2D eigenvalue weighted by molar-refractivity contribution is -0.105. The maximum atomic E-state index is 12.4. The van der Waals surface area contributed by atoms with Crippen LogP contribution in [0.5, 0.6) is 0 Å². The Morgan fingerprint density at radius 3 is 2.52 bits per heavy atom. The number of anilines is 1. The Morgan fingerprint density at radius 2 is 1.92 bits per heavy atom. The van der Waals surface area contributed by atoms with Crippen molar-refractivity contribution in [1.29, 1.82) is 0 Å². The van der Waals surface area contributed by atoms with E-state index in [1.54, 1.807) is 12.1 Å². The van der Waals surface area contributed by atoms with E-state index in [-0.39, 0.29) is 16.9 Å². The van der Waals surface area contributed by atoms with Crippen molar-refractivity contribution in [3.8, 4) is 0 Å². The maximum Gasteiger partial charge on any atom is 0.398 e. The highest BCUT2D eigenvalue weighted by atomic mass is 32.2. The second-order valence-corrected chi connectivity index (χ2v) is 5.80. The average Bonchev–Trinajstić information content (AvgIpc) is 2.59. The number of alkyl halides is 3. The molecule has 0 radical (unpaired) electrons. The molecule has 0 saturated carbocycles. The predicted molar refractivity (Wildman–Crippen MR) is 86.8 cm³/mol. The zero-order valence-corrected chi connectivity index (χ0v) is 13.8. The number of hydrogen-bond acceptors (Lipinski definition) is 5. The molecule has 0 aliphatic heterocycles. The van der Waals surface area contributed by atoms with E-state index < -0.39 is 23.8 Å². The summed E-state index contributed by atoms with van der Waals surface area (Å²) in [6.07, 6.45) is -3.13. The van der Waals surface area contributed by atoms with E-state index in [1.807, 2.05) is 0 Å². The molecular formula is C16H13F3N2O3S. The molecule has 5 nitrogen and oxygen atoms in total. The lowest BCUT2D eigenvalue weighted by Crippen LogP contribution is -2.15. The molecule has 1 N–H and O–H groups in total. The summed E-state index contributed by atoms with van der Waals surface area (Å²) >= 11 is 0.579. The molecule has 1 heterocycles. The third-order valence-electron chi connectivity index (χ3n) is 2.94. The number of benzene rings is 1. The minimum atomic E-state index is -4.31. The molecular weight excluding hydrogens is 357 g/mol. The number of nitrogens with one attached hydrogen (secondary N) is 1. The lowest BCUT2D eigenvalue weighted by atomic mass is 10.2. The molecule has 0 aliphatic rings. The van der Waals surface area contributed by atoms with Crippen molar-refractivity contribution in [3.05, 3.63) is 53.9 Å². The van der Waals surface area contributed by atoms with Crippen molar-refractivity contribution < 1.29 is 27.5 Å². The zero-order valence-electron chi connectivity index (χ0n) is 13.0. The number of methoxy groups -OCH3 is 1. The van der Waals surface area contributed by atoms with Crippen LogP contribution in [0.3, 0.4) is 0 Å². The summed E-state index contributed by atoms with van der Waals surface area (Å²) in [6.45, 7) is 0. The Hall–Kier alpha value is -2.55. The van der Waals surface area contributed by atoms with Gasteiger partial charge in [0.1, 0.15) is 5.69 Å². The first-order chi connectivity index (χ1) is 11.8. The largest absolute Gasteiger partial charge is 0.465 e. The van der Waals surface area contributed by atoms with Crippen molar-refractivity contribution in [1.82, 2.24) is 4.98 Å². The molecule has 2 aromatic rings. The number of rotatable bonds is 5. The predicted octanol–water partition coefficient (Wildman–Crippen LogP) is 3.77. The van der Waals surface area contributed by atoms with E-state index in [9.17, 15) is 22.8 Å². The van der Waals surface area contributed by atoms with Gasteiger partial charge in [0.25, 0.3) is 5.91 Å². The summed E-state index contributed by atoms with van der Waals surface area (Å²) < 4.78 is 41.7. The highest BCUT2D eigenvalue weighted by Crippen LogP contribution is 2.32. The first kappa shape index (κ1) is 18.8. The molecule has 2 rings (SSSR count). The van der Waals surface area contributed by atoms with Gasteiger partial charge < -0.3 is 10.1 Å². The maximum absolute atomic E-state index is 12.4. The number of ether oxygens (including phenoxy) is 1. The van der Waals surface area contributed by atoms with Crippen LogP contribution in [0.2, 0.25) is 0 Å². The van der Waals surface area contributed by atoms with Crippen LogP contribution in [0, 0.1) is 0 Å². The Balaban J connectivity index is 2.11. The lowest BCUT2D eigenvalue weighted by Gasteiger charge is -2.11. The molecule has 1 aromatic heterocycles. The second kappa shape index (κ2) is 8.02. The number of pyridine rings is 1. The smallest absolute Gasteiger partial charge is 0.398 e. The van der Waals surface area contributed by atoms with E-state index >= 15 is 0 Å². The molecule has 0 bridgehead atoms. The van der Waals surface area contributed by atoms with Crippen LogP contribution in [0.1, 0.15) is 20.8 Å². The van der Waals surface area contributed by atoms with Crippen LogP contribution in [0.25, 0.3) is 0 Å². The van der Waals surface area contributed by atoms with Crippen LogP contribution in [-0.2, 0) is 4.74 Å². The average molecular weight is 370 g/mol. The van der Waals surface area contributed by atoms with Gasteiger partial charge in [-0.15, -0.1) is 11.8 Å². The molecule has 1 amide bonds. The number of thioether (sulfide) groups is 1. The molecule has 0 fully saturated rings. The quantitative estimate of drug-likeness (QED) is 0.641. The third kappa shape index (κ3) is 5.49.